The van der Waals surface area contributed by atoms with Crippen LogP contribution in [0.2, 0.25) is 0 Å². The second-order valence-electron chi connectivity index (χ2n) is 3.97. The van der Waals surface area contributed by atoms with Crippen LogP contribution in [-0.4, -0.2) is 37.4 Å². The molecule has 0 amide bonds. The Morgan fingerprint density at radius 2 is 2.28 bits per heavy atom. The molecule has 6 heteroatoms. The van der Waals surface area contributed by atoms with E-state index in [9.17, 15) is 0 Å². The van der Waals surface area contributed by atoms with Gasteiger partial charge < -0.3 is 14.4 Å². The van der Waals surface area contributed by atoms with Gasteiger partial charge in [-0.1, -0.05) is 0 Å². The molecule has 0 spiro atoms. The maximum absolute atomic E-state index is 8.81. The van der Waals surface area contributed by atoms with E-state index in [0.29, 0.717) is 19.1 Å². The van der Waals surface area contributed by atoms with Gasteiger partial charge in [0.15, 0.2) is 6.10 Å². The summed E-state index contributed by atoms with van der Waals surface area (Å²) in [5.74, 6) is 0.495. The van der Waals surface area contributed by atoms with Crippen molar-refractivity contribution in [3.63, 3.8) is 0 Å². The lowest BCUT2D eigenvalue weighted by Gasteiger charge is -2.30. The summed E-state index contributed by atoms with van der Waals surface area (Å²) in [7, 11) is 0. The standard InChI is InChI=1S/C12H14BrN3O2/c1-9(7-14)18-12-11(6-10(13)8-15-12)16-2-4-17-5-3-16/h6,8-9H,2-5H2,1H3/t9-/m1/s1. The number of pyridine rings is 1. The van der Waals surface area contributed by atoms with Gasteiger partial charge in [-0.15, -0.1) is 0 Å². The fraction of sp³-hybridized carbons (Fsp3) is 0.500. The summed E-state index contributed by atoms with van der Waals surface area (Å²) in [6.07, 6.45) is 1.15. The Labute approximate surface area is 114 Å². The van der Waals surface area contributed by atoms with E-state index < -0.39 is 6.10 Å². The molecule has 0 aliphatic carbocycles. The summed E-state index contributed by atoms with van der Waals surface area (Å²) in [5.41, 5.74) is 0.898. The fourth-order valence-corrected chi connectivity index (χ4v) is 2.05. The van der Waals surface area contributed by atoms with E-state index in [1.807, 2.05) is 12.1 Å². The number of ether oxygens (including phenoxy) is 2. The average molecular weight is 312 g/mol. The molecule has 1 aromatic heterocycles. The van der Waals surface area contributed by atoms with Gasteiger partial charge in [0, 0.05) is 23.8 Å². The first kappa shape index (κ1) is 13.1. The highest BCUT2D eigenvalue weighted by atomic mass is 79.9. The monoisotopic (exact) mass is 311 g/mol. The quantitative estimate of drug-likeness (QED) is 0.854. The Hall–Kier alpha value is -1.32. The molecule has 2 heterocycles. The molecule has 0 N–H and O–H groups in total. The zero-order chi connectivity index (χ0) is 13.0. The Morgan fingerprint density at radius 1 is 1.56 bits per heavy atom. The largest absolute Gasteiger partial charge is 0.458 e. The summed E-state index contributed by atoms with van der Waals surface area (Å²) in [4.78, 5) is 6.39. The van der Waals surface area contributed by atoms with E-state index >= 15 is 0 Å². The normalized spacial score (nSPS) is 17.1. The van der Waals surface area contributed by atoms with Crippen LogP contribution in [-0.2, 0) is 4.74 Å². The molecule has 1 fully saturated rings. The predicted molar refractivity (Wildman–Crippen MR) is 70.7 cm³/mol. The SMILES string of the molecule is C[C@H](C#N)Oc1ncc(Br)cc1N1CCOCC1. The van der Waals surface area contributed by atoms with Crippen molar-refractivity contribution >= 4 is 21.6 Å². The number of hydrogen-bond acceptors (Lipinski definition) is 5. The van der Waals surface area contributed by atoms with Gasteiger partial charge in [0.05, 0.1) is 13.2 Å². The van der Waals surface area contributed by atoms with Crippen LogP contribution in [0.4, 0.5) is 5.69 Å². The highest BCUT2D eigenvalue weighted by molar-refractivity contribution is 9.10. The molecule has 0 radical (unpaired) electrons. The van der Waals surface area contributed by atoms with E-state index in [4.69, 9.17) is 14.7 Å². The van der Waals surface area contributed by atoms with Crippen LogP contribution >= 0.6 is 15.9 Å². The highest BCUT2D eigenvalue weighted by Crippen LogP contribution is 2.30. The summed E-state index contributed by atoms with van der Waals surface area (Å²) in [5, 5.41) is 8.81. The summed E-state index contributed by atoms with van der Waals surface area (Å²) in [6, 6.07) is 4.00. The molecule has 0 bridgehead atoms. The van der Waals surface area contributed by atoms with Crippen LogP contribution in [0.3, 0.4) is 0 Å². The van der Waals surface area contributed by atoms with E-state index in [-0.39, 0.29) is 0 Å². The topological polar surface area (TPSA) is 58.4 Å². The smallest absolute Gasteiger partial charge is 0.238 e. The highest BCUT2D eigenvalue weighted by Gasteiger charge is 2.18. The third-order valence-electron chi connectivity index (χ3n) is 2.62. The van der Waals surface area contributed by atoms with Crippen LogP contribution in [0.5, 0.6) is 5.88 Å². The van der Waals surface area contributed by atoms with Gasteiger partial charge >= 0.3 is 0 Å². The molecule has 2 rings (SSSR count). The Bertz CT molecular complexity index is 455. The lowest BCUT2D eigenvalue weighted by Crippen LogP contribution is -2.36. The molecule has 0 saturated carbocycles. The van der Waals surface area contributed by atoms with Crippen molar-refractivity contribution in [1.29, 1.82) is 5.26 Å². The fourth-order valence-electron chi connectivity index (χ4n) is 1.73. The van der Waals surface area contributed by atoms with E-state index in [0.717, 1.165) is 23.2 Å². The third-order valence-corrected chi connectivity index (χ3v) is 3.05. The Kier molecular flexibility index (Phi) is 4.39. The molecule has 1 aliphatic rings. The van der Waals surface area contributed by atoms with Crippen LogP contribution in [0.25, 0.3) is 0 Å². The lowest BCUT2D eigenvalue weighted by atomic mass is 10.3. The second kappa shape index (κ2) is 6.03. The minimum atomic E-state index is -0.515. The average Bonchev–Trinajstić information content (AvgIpc) is 2.41. The number of rotatable bonds is 3. The van der Waals surface area contributed by atoms with Crippen molar-refractivity contribution in [1.82, 2.24) is 4.98 Å². The molecule has 0 aromatic carbocycles. The first-order valence-electron chi connectivity index (χ1n) is 5.75. The van der Waals surface area contributed by atoms with Crippen molar-refractivity contribution in [2.24, 2.45) is 0 Å². The number of nitrogens with zero attached hydrogens (tertiary/aromatic N) is 3. The summed E-state index contributed by atoms with van der Waals surface area (Å²) >= 11 is 3.41. The molecular formula is C12H14BrN3O2. The predicted octanol–water partition coefficient (Wildman–Crippen LogP) is 1.97. The molecule has 18 heavy (non-hydrogen) atoms. The minimum Gasteiger partial charge on any atom is -0.458 e. The van der Waals surface area contributed by atoms with E-state index in [2.05, 4.69) is 25.8 Å². The number of hydrogen-bond donors (Lipinski definition) is 0. The zero-order valence-corrected chi connectivity index (χ0v) is 11.7. The van der Waals surface area contributed by atoms with Crippen molar-refractivity contribution < 1.29 is 9.47 Å². The number of aromatic nitrogens is 1. The van der Waals surface area contributed by atoms with Gasteiger partial charge in [-0.2, -0.15) is 5.26 Å². The zero-order valence-electron chi connectivity index (χ0n) is 10.1. The van der Waals surface area contributed by atoms with Gasteiger partial charge in [0.2, 0.25) is 5.88 Å². The van der Waals surface area contributed by atoms with Crippen molar-refractivity contribution in [3.05, 3.63) is 16.7 Å². The lowest BCUT2D eigenvalue weighted by molar-refractivity contribution is 0.122. The van der Waals surface area contributed by atoms with Gasteiger partial charge in [0.25, 0.3) is 0 Å². The van der Waals surface area contributed by atoms with Crippen molar-refractivity contribution in [2.75, 3.05) is 31.2 Å². The molecule has 0 unspecified atom stereocenters. The number of morpholine rings is 1. The minimum absolute atomic E-state index is 0.495. The molecule has 1 aliphatic heterocycles. The third kappa shape index (κ3) is 3.12. The molecule has 1 aromatic rings. The summed E-state index contributed by atoms with van der Waals surface area (Å²) in [6.45, 7) is 4.69. The first-order chi connectivity index (χ1) is 8.70. The number of halogens is 1. The maximum atomic E-state index is 8.81. The maximum Gasteiger partial charge on any atom is 0.238 e. The van der Waals surface area contributed by atoms with Crippen LogP contribution in [0.15, 0.2) is 16.7 Å². The molecule has 1 atom stereocenters. The van der Waals surface area contributed by atoms with E-state index in [1.165, 1.54) is 0 Å². The van der Waals surface area contributed by atoms with Gasteiger partial charge in [-0.05, 0) is 28.9 Å². The second-order valence-corrected chi connectivity index (χ2v) is 4.88. The molecule has 1 saturated heterocycles. The van der Waals surface area contributed by atoms with Crippen LogP contribution < -0.4 is 9.64 Å². The van der Waals surface area contributed by atoms with Crippen molar-refractivity contribution in [3.8, 4) is 11.9 Å². The summed E-state index contributed by atoms with van der Waals surface area (Å²) < 4.78 is 11.7. The molecular weight excluding hydrogens is 298 g/mol. The Morgan fingerprint density at radius 3 is 2.94 bits per heavy atom. The van der Waals surface area contributed by atoms with Gasteiger partial charge in [0.1, 0.15) is 11.8 Å². The van der Waals surface area contributed by atoms with Gasteiger partial charge in [-0.3, -0.25) is 0 Å². The molecule has 5 nitrogen and oxygen atoms in total. The number of nitriles is 1. The Balaban J connectivity index is 2.25. The van der Waals surface area contributed by atoms with E-state index in [1.54, 1.807) is 13.1 Å². The van der Waals surface area contributed by atoms with Gasteiger partial charge in [-0.25, -0.2) is 4.98 Å². The van der Waals surface area contributed by atoms with Crippen LogP contribution in [0.1, 0.15) is 6.92 Å². The first-order valence-corrected chi connectivity index (χ1v) is 6.54. The molecule has 96 valence electrons. The van der Waals surface area contributed by atoms with Crippen LogP contribution in [0, 0.1) is 11.3 Å². The van der Waals surface area contributed by atoms with Crippen molar-refractivity contribution in [2.45, 2.75) is 13.0 Å². The number of anilines is 1.